The number of halogens is 1. The number of thiophene rings is 1. The fourth-order valence-electron chi connectivity index (χ4n) is 1.91. The highest BCUT2D eigenvalue weighted by atomic mass is 35.5. The van der Waals surface area contributed by atoms with Gasteiger partial charge in [-0.15, -0.1) is 11.3 Å². The molecule has 1 heterocycles. The van der Waals surface area contributed by atoms with Gasteiger partial charge in [-0.05, 0) is 49.4 Å². The van der Waals surface area contributed by atoms with Gasteiger partial charge in [0.05, 0.1) is 4.34 Å². The Labute approximate surface area is 101 Å². The molecule has 1 aliphatic carbocycles. The molecule has 1 nitrogen and oxygen atoms in total. The minimum absolute atomic E-state index is 0.749. The molecule has 1 aliphatic rings. The Bertz CT molecular complexity index is 321. The molecule has 84 valence electrons. The van der Waals surface area contributed by atoms with E-state index < -0.39 is 0 Å². The quantitative estimate of drug-likeness (QED) is 0.831. The molecule has 1 saturated carbocycles. The van der Waals surface area contributed by atoms with Crippen LogP contribution in [-0.2, 0) is 0 Å². The zero-order chi connectivity index (χ0) is 10.8. The number of nitrogens with one attached hydrogen (secondary N) is 1. The van der Waals surface area contributed by atoms with Crippen LogP contribution in [0.25, 0.3) is 0 Å². The van der Waals surface area contributed by atoms with E-state index in [1.165, 1.54) is 17.8 Å². The van der Waals surface area contributed by atoms with Crippen LogP contribution in [0.3, 0.4) is 0 Å². The van der Waals surface area contributed by atoms with Gasteiger partial charge in [0.1, 0.15) is 0 Å². The lowest BCUT2D eigenvalue weighted by Crippen LogP contribution is -2.22. The van der Waals surface area contributed by atoms with Crippen molar-refractivity contribution in [2.45, 2.75) is 26.2 Å². The molecule has 1 aromatic heterocycles. The van der Waals surface area contributed by atoms with Crippen molar-refractivity contribution in [3.8, 4) is 0 Å². The van der Waals surface area contributed by atoms with Crippen LogP contribution in [0.4, 0.5) is 0 Å². The summed E-state index contributed by atoms with van der Waals surface area (Å²) in [4.78, 5) is 1.47. The molecule has 15 heavy (non-hydrogen) atoms. The van der Waals surface area contributed by atoms with Gasteiger partial charge in [-0.25, -0.2) is 0 Å². The first-order chi connectivity index (χ1) is 7.16. The van der Waals surface area contributed by atoms with E-state index in [0.717, 1.165) is 28.6 Å². The molecule has 2 rings (SSSR count). The van der Waals surface area contributed by atoms with Gasteiger partial charge in [-0.3, -0.25) is 0 Å². The molecule has 0 radical (unpaired) electrons. The van der Waals surface area contributed by atoms with Gasteiger partial charge in [0.15, 0.2) is 0 Å². The highest BCUT2D eigenvalue weighted by Crippen LogP contribution is 2.49. The summed E-state index contributed by atoms with van der Waals surface area (Å²) in [5.41, 5.74) is 0. The van der Waals surface area contributed by atoms with Crippen molar-refractivity contribution < 1.29 is 0 Å². The molecule has 0 bridgehead atoms. The second-order valence-electron chi connectivity index (χ2n) is 4.80. The lowest BCUT2D eigenvalue weighted by atomic mass is 10.2. The second-order valence-corrected chi connectivity index (χ2v) is 6.54. The standard InChI is InChI=1S/C12H18ClNS/c1-8(2)6-14-7-9-5-10(9)11-3-4-12(13)15-11/h3-4,8-10,14H,5-7H2,1-2H3. The Morgan fingerprint density at radius 2 is 2.33 bits per heavy atom. The third kappa shape index (κ3) is 3.20. The summed E-state index contributed by atoms with van der Waals surface area (Å²) in [7, 11) is 0. The number of hydrogen-bond donors (Lipinski definition) is 1. The van der Waals surface area contributed by atoms with Crippen molar-refractivity contribution in [1.82, 2.24) is 5.32 Å². The second kappa shape index (κ2) is 4.86. The first-order valence-electron chi connectivity index (χ1n) is 5.62. The number of rotatable bonds is 5. The molecular formula is C12H18ClNS. The van der Waals surface area contributed by atoms with Gasteiger partial charge in [0.25, 0.3) is 0 Å². The Kier molecular flexibility index (Phi) is 3.70. The molecule has 3 heteroatoms. The molecule has 2 atom stereocenters. The maximum atomic E-state index is 5.93. The topological polar surface area (TPSA) is 12.0 Å². The predicted molar refractivity (Wildman–Crippen MR) is 67.9 cm³/mol. The van der Waals surface area contributed by atoms with Crippen molar-refractivity contribution in [2.75, 3.05) is 13.1 Å². The van der Waals surface area contributed by atoms with Crippen LogP contribution in [0.15, 0.2) is 12.1 Å². The Morgan fingerprint density at radius 1 is 1.53 bits per heavy atom. The van der Waals surface area contributed by atoms with Crippen LogP contribution >= 0.6 is 22.9 Å². The van der Waals surface area contributed by atoms with Crippen LogP contribution in [0.2, 0.25) is 4.34 Å². The fraction of sp³-hybridized carbons (Fsp3) is 0.667. The van der Waals surface area contributed by atoms with E-state index in [1.54, 1.807) is 11.3 Å². The van der Waals surface area contributed by atoms with E-state index in [4.69, 9.17) is 11.6 Å². The van der Waals surface area contributed by atoms with Gasteiger partial charge in [0.2, 0.25) is 0 Å². The zero-order valence-electron chi connectivity index (χ0n) is 9.29. The summed E-state index contributed by atoms with van der Waals surface area (Å²) < 4.78 is 0.922. The Morgan fingerprint density at radius 3 is 2.93 bits per heavy atom. The van der Waals surface area contributed by atoms with Gasteiger partial charge in [0, 0.05) is 4.88 Å². The first-order valence-corrected chi connectivity index (χ1v) is 6.82. The van der Waals surface area contributed by atoms with Gasteiger partial charge < -0.3 is 5.32 Å². The summed E-state index contributed by atoms with van der Waals surface area (Å²) in [6.45, 7) is 6.79. The largest absolute Gasteiger partial charge is 0.316 e. The van der Waals surface area contributed by atoms with Crippen molar-refractivity contribution in [3.63, 3.8) is 0 Å². The van der Waals surface area contributed by atoms with Gasteiger partial charge >= 0.3 is 0 Å². The molecular weight excluding hydrogens is 226 g/mol. The van der Waals surface area contributed by atoms with E-state index in [0.29, 0.717) is 0 Å². The van der Waals surface area contributed by atoms with Crippen LogP contribution in [0.5, 0.6) is 0 Å². The summed E-state index contributed by atoms with van der Waals surface area (Å²) in [5.74, 6) is 2.37. The Balaban J connectivity index is 1.72. The van der Waals surface area contributed by atoms with E-state index in [2.05, 4.69) is 25.2 Å². The first kappa shape index (κ1) is 11.4. The highest BCUT2D eigenvalue weighted by Gasteiger charge is 2.38. The lowest BCUT2D eigenvalue weighted by molar-refractivity contribution is 0.533. The maximum Gasteiger partial charge on any atom is 0.0931 e. The minimum atomic E-state index is 0.749. The van der Waals surface area contributed by atoms with E-state index in [-0.39, 0.29) is 0 Å². The van der Waals surface area contributed by atoms with E-state index in [1.807, 2.05) is 6.07 Å². The van der Waals surface area contributed by atoms with E-state index >= 15 is 0 Å². The molecule has 0 saturated heterocycles. The molecule has 0 spiro atoms. The lowest BCUT2D eigenvalue weighted by Gasteiger charge is -2.06. The Hall–Kier alpha value is -0.0500. The normalized spacial score (nSPS) is 24.8. The van der Waals surface area contributed by atoms with Crippen molar-refractivity contribution in [2.24, 2.45) is 11.8 Å². The molecule has 0 amide bonds. The van der Waals surface area contributed by atoms with E-state index in [9.17, 15) is 0 Å². The van der Waals surface area contributed by atoms with Crippen LogP contribution in [0, 0.1) is 11.8 Å². The predicted octanol–water partition coefficient (Wildman–Crippen LogP) is 3.75. The molecule has 1 fully saturated rings. The molecule has 0 aromatic carbocycles. The van der Waals surface area contributed by atoms with Crippen molar-refractivity contribution in [1.29, 1.82) is 0 Å². The molecule has 1 N–H and O–H groups in total. The average Bonchev–Trinajstić information content (AvgIpc) is 2.80. The molecule has 1 aromatic rings. The number of hydrogen-bond acceptors (Lipinski definition) is 2. The SMILES string of the molecule is CC(C)CNCC1CC1c1ccc(Cl)s1. The van der Waals surface area contributed by atoms with Crippen LogP contribution in [-0.4, -0.2) is 13.1 Å². The summed E-state index contributed by atoms with van der Waals surface area (Å²) >= 11 is 7.67. The third-order valence-electron chi connectivity index (χ3n) is 2.84. The summed E-state index contributed by atoms with van der Waals surface area (Å²) in [6, 6.07) is 4.19. The third-order valence-corrected chi connectivity index (χ3v) is 4.20. The molecule has 0 aliphatic heterocycles. The minimum Gasteiger partial charge on any atom is -0.316 e. The highest BCUT2D eigenvalue weighted by molar-refractivity contribution is 7.16. The average molecular weight is 244 g/mol. The molecule has 2 unspecified atom stereocenters. The van der Waals surface area contributed by atoms with Crippen LogP contribution < -0.4 is 5.32 Å². The van der Waals surface area contributed by atoms with Crippen molar-refractivity contribution >= 4 is 22.9 Å². The smallest absolute Gasteiger partial charge is 0.0931 e. The monoisotopic (exact) mass is 243 g/mol. The van der Waals surface area contributed by atoms with Crippen LogP contribution in [0.1, 0.15) is 31.1 Å². The summed E-state index contributed by atoms with van der Waals surface area (Å²) in [5, 5.41) is 3.52. The van der Waals surface area contributed by atoms with Gasteiger partial charge in [-0.2, -0.15) is 0 Å². The van der Waals surface area contributed by atoms with Gasteiger partial charge in [-0.1, -0.05) is 25.4 Å². The maximum absolute atomic E-state index is 5.93. The summed E-state index contributed by atoms with van der Waals surface area (Å²) in [6.07, 6.45) is 1.34. The van der Waals surface area contributed by atoms with Crippen molar-refractivity contribution in [3.05, 3.63) is 21.3 Å². The zero-order valence-corrected chi connectivity index (χ0v) is 10.9. The fourth-order valence-corrected chi connectivity index (χ4v) is 3.17.